The van der Waals surface area contributed by atoms with Crippen LogP contribution in [-0.2, 0) is 0 Å². The first-order chi connectivity index (χ1) is 30.3. The maximum absolute atomic E-state index is 6.51. The molecule has 3 nitrogen and oxygen atoms in total. The fraction of sp³-hybridized carbons (Fsp3) is 0. The van der Waals surface area contributed by atoms with Crippen molar-refractivity contribution >= 4 is 71.6 Å². The highest BCUT2D eigenvalue weighted by Gasteiger charge is 2.20. The first-order valence-corrected chi connectivity index (χ1v) is 20.8. The zero-order valence-electron chi connectivity index (χ0n) is 33.4. The normalized spacial score (nSPS) is 11.3. The molecule has 0 bridgehead atoms. The van der Waals surface area contributed by atoms with E-state index in [2.05, 4.69) is 204 Å². The lowest BCUT2D eigenvalue weighted by Gasteiger charge is -2.29. The number of hydrogen-bond acceptors (Lipinski definition) is 2. The molecule has 12 aromatic rings. The van der Waals surface area contributed by atoms with E-state index in [0.717, 1.165) is 61.3 Å². The third kappa shape index (κ3) is 6.50. The summed E-state index contributed by atoms with van der Waals surface area (Å²) >= 11 is 0. The van der Waals surface area contributed by atoms with Crippen molar-refractivity contribution in [3.05, 3.63) is 243 Å². The van der Waals surface area contributed by atoms with Crippen LogP contribution in [-0.4, -0.2) is 4.57 Å². The highest BCUT2D eigenvalue weighted by atomic mass is 16.3. The fourth-order valence-corrected chi connectivity index (χ4v) is 8.85. The Morgan fingerprint density at radius 3 is 1.72 bits per heavy atom. The lowest BCUT2D eigenvalue weighted by atomic mass is 9.97. The molecule has 3 heteroatoms. The van der Waals surface area contributed by atoms with Crippen LogP contribution in [0.5, 0.6) is 0 Å². The molecule has 2 heterocycles. The molecule has 0 saturated carbocycles. The monoisotopic (exact) mass is 780 g/mol. The number of hydrogen-bond donors (Lipinski definition) is 0. The smallest absolute Gasteiger partial charge is 0.159 e. The van der Waals surface area contributed by atoms with E-state index in [0.29, 0.717) is 0 Å². The molecule has 0 aliphatic rings. The SMILES string of the molecule is c1ccc(N(c2ccccc2-c2ccc(-c3ccc4c(c3)c3ccccc3n4-c3cccc4c3oc3ccccc34)cc2)c2cccc3ccccc23)cc1.c1ccccc1. The lowest BCUT2D eigenvalue weighted by molar-refractivity contribution is 0.666. The van der Waals surface area contributed by atoms with Gasteiger partial charge in [0.05, 0.1) is 28.1 Å². The molecule has 61 heavy (non-hydrogen) atoms. The Bertz CT molecular complexity index is 3440. The van der Waals surface area contributed by atoms with Gasteiger partial charge in [0.1, 0.15) is 5.58 Å². The van der Waals surface area contributed by atoms with E-state index < -0.39 is 0 Å². The maximum Gasteiger partial charge on any atom is 0.159 e. The molecule has 12 rings (SSSR count). The summed E-state index contributed by atoms with van der Waals surface area (Å²) in [6.07, 6.45) is 0. The van der Waals surface area contributed by atoms with Crippen molar-refractivity contribution in [3.63, 3.8) is 0 Å². The molecule has 288 valence electrons. The van der Waals surface area contributed by atoms with Gasteiger partial charge >= 0.3 is 0 Å². The number of aromatic nitrogens is 1. The number of furan rings is 1. The number of para-hydroxylation sites is 5. The Labute approximate surface area is 354 Å². The van der Waals surface area contributed by atoms with Crippen LogP contribution in [0.15, 0.2) is 247 Å². The van der Waals surface area contributed by atoms with E-state index >= 15 is 0 Å². The number of fused-ring (bicyclic) bond motifs is 7. The highest BCUT2D eigenvalue weighted by Crippen LogP contribution is 2.44. The second kappa shape index (κ2) is 15.6. The van der Waals surface area contributed by atoms with Gasteiger partial charge in [-0.15, -0.1) is 0 Å². The van der Waals surface area contributed by atoms with Crippen molar-refractivity contribution in [1.82, 2.24) is 4.57 Å². The van der Waals surface area contributed by atoms with Gasteiger partial charge in [-0.3, -0.25) is 0 Å². The van der Waals surface area contributed by atoms with Crippen LogP contribution in [0.4, 0.5) is 17.1 Å². The molecular weight excluding hydrogens is 741 g/mol. The minimum Gasteiger partial charge on any atom is -0.454 e. The van der Waals surface area contributed by atoms with Crippen LogP contribution in [0.25, 0.3) is 82.5 Å². The van der Waals surface area contributed by atoms with Crippen molar-refractivity contribution in [1.29, 1.82) is 0 Å². The predicted molar refractivity (Wildman–Crippen MR) is 258 cm³/mol. The topological polar surface area (TPSA) is 21.3 Å². The number of nitrogens with zero attached hydrogens (tertiary/aromatic N) is 2. The molecule has 2 aromatic heterocycles. The predicted octanol–water partition coefficient (Wildman–Crippen LogP) is 16.3. The number of rotatable bonds is 6. The fourth-order valence-electron chi connectivity index (χ4n) is 8.85. The Balaban J connectivity index is 0.000000647. The van der Waals surface area contributed by atoms with E-state index in [1.54, 1.807) is 0 Å². The number of benzene rings is 10. The standard InChI is InChI=1S/C52H34N2O.C6H6/c1-2-16-39(17-3-1)53(47-25-12-15-36-14-4-5-18-40(36)47)46-23-9-6-19-41(46)37-30-28-35(29-31-37)38-32-33-49-45(34-38)42-20-7-10-24-48(42)54(49)50-26-13-22-44-43-21-8-11-27-51(43)55-52(44)50;1-2-4-6-5-3-1/h1-34H;1-6H. The summed E-state index contributed by atoms with van der Waals surface area (Å²) < 4.78 is 8.87. The minimum absolute atomic E-state index is 0.901. The van der Waals surface area contributed by atoms with E-state index in [4.69, 9.17) is 4.42 Å². The second-order valence-corrected chi connectivity index (χ2v) is 15.3. The molecule has 0 atom stereocenters. The molecule has 0 radical (unpaired) electrons. The average molecular weight is 781 g/mol. The Morgan fingerprint density at radius 1 is 0.344 bits per heavy atom. The summed E-state index contributed by atoms with van der Waals surface area (Å²) in [5.74, 6) is 0. The lowest BCUT2D eigenvalue weighted by Crippen LogP contribution is -2.11. The van der Waals surface area contributed by atoms with Crippen LogP contribution in [0.1, 0.15) is 0 Å². The van der Waals surface area contributed by atoms with Gasteiger partial charge in [-0.2, -0.15) is 0 Å². The quantitative estimate of drug-likeness (QED) is 0.168. The highest BCUT2D eigenvalue weighted by molar-refractivity contribution is 6.13. The van der Waals surface area contributed by atoms with Crippen molar-refractivity contribution in [2.75, 3.05) is 4.90 Å². The summed E-state index contributed by atoms with van der Waals surface area (Å²) in [6.45, 7) is 0. The first kappa shape index (κ1) is 36.0. The van der Waals surface area contributed by atoms with Gasteiger partial charge in [0.25, 0.3) is 0 Å². The molecule has 0 saturated heterocycles. The second-order valence-electron chi connectivity index (χ2n) is 15.3. The molecule has 0 amide bonds. The minimum atomic E-state index is 0.901. The van der Waals surface area contributed by atoms with E-state index in [1.807, 2.05) is 48.5 Å². The molecule has 0 aliphatic heterocycles. The molecular formula is C58H40N2O. The van der Waals surface area contributed by atoms with Crippen LogP contribution in [0.2, 0.25) is 0 Å². The Hall–Kier alpha value is -8.14. The van der Waals surface area contributed by atoms with Gasteiger partial charge in [-0.25, -0.2) is 0 Å². The van der Waals surface area contributed by atoms with Gasteiger partial charge in [-0.05, 0) is 76.7 Å². The average Bonchev–Trinajstić information content (AvgIpc) is 3.89. The summed E-state index contributed by atoms with van der Waals surface area (Å²) in [6, 6.07) is 85.9. The van der Waals surface area contributed by atoms with Crippen molar-refractivity contribution in [2.24, 2.45) is 0 Å². The van der Waals surface area contributed by atoms with E-state index in [9.17, 15) is 0 Å². The van der Waals surface area contributed by atoms with E-state index in [-0.39, 0.29) is 0 Å². The summed E-state index contributed by atoms with van der Waals surface area (Å²) in [5, 5.41) is 7.12. The van der Waals surface area contributed by atoms with Gasteiger partial charge in [0.2, 0.25) is 0 Å². The summed E-state index contributed by atoms with van der Waals surface area (Å²) in [5.41, 5.74) is 13.2. The maximum atomic E-state index is 6.51. The first-order valence-electron chi connectivity index (χ1n) is 20.8. The zero-order chi connectivity index (χ0) is 40.5. The van der Waals surface area contributed by atoms with Gasteiger partial charge in [0.15, 0.2) is 5.58 Å². The van der Waals surface area contributed by atoms with Crippen LogP contribution in [0.3, 0.4) is 0 Å². The molecule has 0 unspecified atom stereocenters. The van der Waals surface area contributed by atoms with Crippen LogP contribution >= 0.6 is 0 Å². The third-order valence-corrected chi connectivity index (χ3v) is 11.7. The van der Waals surface area contributed by atoms with Crippen molar-refractivity contribution in [2.45, 2.75) is 0 Å². The largest absolute Gasteiger partial charge is 0.454 e. The molecule has 0 spiro atoms. The number of anilines is 3. The Morgan fingerprint density at radius 2 is 0.902 bits per heavy atom. The van der Waals surface area contributed by atoms with Crippen molar-refractivity contribution < 1.29 is 4.42 Å². The van der Waals surface area contributed by atoms with Gasteiger partial charge in [-0.1, -0.05) is 188 Å². The molecule has 0 aliphatic carbocycles. The van der Waals surface area contributed by atoms with Crippen LogP contribution in [0, 0.1) is 0 Å². The molecule has 0 fully saturated rings. The van der Waals surface area contributed by atoms with Gasteiger partial charge < -0.3 is 13.9 Å². The molecule has 10 aromatic carbocycles. The Kier molecular flexibility index (Phi) is 9.18. The summed E-state index contributed by atoms with van der Waals surface area (Å²) in [4.78, 5) is 2.39. The van der Waals surface area contributed by atoms with Crippen molar-refractivity contribution in [3.8, 4) is 27.9 Å². The third-order valence-electron chi connectivity index (χ3n) is 11.7. The summed E-state index contributed by atoms with van der Waals surface area (Å²) in [7, 11) is 0. The van der Waals surface area contributed by atoms with Crippen LogP contribution < -0.4 is 4.90 Å². The molecule has 0 N–H and O–H groups in total. The van der Waals surface area contributed by atoms with E-state index in [1.165, 1.54) is 38.2 Å². The zero-order valence-corrected chi connectivity index (χ0v) is 33.4. The van der Waals surface area contributed by atoms with Gasteiger partial charge in [0, 0.05) is 38.2 Å².